The smallest absolute Gasteiger partial charge is 0.417 e. The summed E-state index contributed by atoms with van der Waals surface area (Å²) in [5.41, 5.74) is -1.84. The van der Waals surface area contributed by atoms with E-state index in [2.05, 4.69) is 10.3 Å². The monoisotopic (exact) mass is 376 g/mol. The van der Waals surface area contributed by atoms with E-state index in [0.29, 0.717) is 17.9 Å². The summed E-state index contributed by atoms with van der Waals surface area (Å²) in [6.45, 7) is 0. The molecule has 1 N–H and O–H groups in total. The third-order valence-electron chi connectivity index (χ3n) is 4.08. The van der Waals surface area contributed by atoms with E-state index >= 15 is 0 Å². The Morgan fingerprint density at radius 3 is 2.48 bits per heavy atom. The molecule has 0 saturated heterocycles. The van der Waals surface area contributed by atoms with Crippen molar-refractivity contribution in [2.24, 2.45) is 0 Å². The maximum absolute atomic E-state index is 12.5. The Labute approximate surface area is 147 Å². The molecule has 0 aliphatic heterocycles. The highest BCUT2D eigenvalue weighted by molar-refractivity contribution is 7.99. The number of hydrogen-bond donors (Lipinski definition) is 1. The fourth-order valence-electron chi connectivity index (χ4n) is 2.81. The Balaban J connectivity index is 1.94. The molecule has 9 heteroatoms. The van der Waals surface area contributed by atoms with Crippen molar-refractivity contribution in [3.63, 3.8) is 0 Å². The van der Waals surface area contributed by atoms with E-state index in [9.17, 15) is 22.8 Å². The van der Waals surface area contributed by atoms with Crippen molar-refractivity contribution in [2.75, 3.05) is 12.9 Å². The standard InChI is InChI=1S/C16H19F3N2O3S/c1-24-14(23)15(7-3-2-4-8-15)21-12(22)10-25-13-6-5-11(9-20-13)16(17,18)19/h5-6,9H,2-4,7-8,10H2,1H3,(H,21,22). The lowest BCUT2D eigenvalue weighted by molar-refractivity contribution is -0.152. The minimum atomic E-state index is -4.44. The van der Waals surface area contributed by atoms with Crippen LogP contribution in [0.5, 0.6) is 0 Å². The van der Waals surface area contributed by atoms with Gasteiger partial charge in [0.25, 0.3) is 0 Å². The molecular weight excluding hydrogens is 357 g/mol. The maximum Gasteiger partial charge on any atom is 0.417 e. The first kappa shape index (κ1) is 19.6. The number of esters is 1. The van der Waals surface area contributed by atoms with Gasteiger partial charge in [-0.05, 0) is 25.0 Å². The number of pyridine rings is 1. The quantitative estimate of drug-likeness (QED) is 0.631. The first-order chi connectivity index (χ1) is 11.8. The van der Waals surface area contributed by atoms with Crippen LogP contribution in [0.3, 0.4) is 0 Å². The van der Waals surface area contributed by atoms with Crippen LogP contribution in [0.1, 0.15) is 37.7 Å². The number of thioether (sulfide) groups is 1. The summed E-state index contributed by atoms with van der Waals surface area (Å²) in [4.78, 5) is 28.0. The van der Waals surface area contributed by atoms with Gasteiger partial charge in [-0.1, -0.05) is 31.0 Å². The molecule has 1 heterocycles. The molecule has 1 aromatic heterocycles. The molecule has 2 rings (SSSR count). The van der Waals surface area contributed by atoms with Crippen LogP contribution in [-0.2, 0) is 20.5 Å². The molecule has 0 unspecified atom stereocenters. The van der Waals surface area contributed by atoms with Gasteiger partial charge in [0.2, 0.25) is 5.91 Å². The molecule has 0 aromatic carbocycles. The summed E-state index contributed by atoms with van der Waals surface area (Å²) in [5, 5.41) is 3.05. The van der Waals surface area contributed by atoms with Gasteiger partial charge in [0, 0.05) is 6.20 Å². The highest BCUT2D eigenvalue weighted by Gasteiger charge is 2.41. The van der Waals surface area contributed by atoms with Crippen molar-refractivity contribution in [3.8, 4) is 0 Å². The van der Waals surface area contributed by atoms with Gasteiger partial charge >= 0.3 is 12.1 Å². The molecule has 1 saturated carbocycles. The number of amides is 1. The van der Waals surface area contributed by atoms with Gasteiger partial charge in [0.15, 0.2) is 0 Å². The number of alkyl halides is 3. The molecule has 0 atom stereocenters. The second-order valence-electron chi connectivity index (χ2n) is 5.85. The number of ether oxygens (including phenoxy) is 1. The number of carbonyl (C=O) groups excluding carboxylic acids is 2. The summed E-state index contributed by atoms with van der Waals surface area (Å²) in [6.07, 6.45) is -0.0210. The van der Waals surface area contributed by atoms with Gasteiger partial charge in [0.05, 0.1) is 23.5 Å². The second kappa shape index (κ2) is 8.07. The van der Waals surface area contributed by atoms with Crippen molar-refractivity contribution in [2.45, 2.75) is 48.8 Å². The minimum absolute atomic E-state index is 0.0445. The number of halogens is 3. The molecule has 1 amide bonds. The predicted octanol–water partition coefficient (Wildman–Crippen LogP) is 3.18. The lowest BCUT2D eigenvalue weighted by atomic mass is 9.81. The van der Waals surface area contributed by atoms with Crippen LogP contribution in [0.4, 0.5) is 13.2 Å². The average Bonchev–Trinajstić information content (AvgIpc) is 2.59. The van der Waals surface area contributed by atoms with Crippen molar-refractivity contribution < 1.29 is 27.5 Å². The molecule has 0 spiro atoms. The van der Waals surface area contributed by atoms with E-state index in [1.165, 1.54) is 13.2 Å². The third-order valence-corrected chi connectivity index (χ3v) is 5.02. The molecule has 1 aliphatic rings. The van der Waals surface area contributed by atoms with Crippen molar-refractivity contribution in [3.05, 3.63) is 23.9 Å². The van der Waals surface area contributed by atoms with Crippen molar-refractivity contribution in [1.29, 1.82) is 0 Å². The van der Waals surface area contributed by atoms with Gasteiger partial charge in [-0.25, -0.2) is 9.78 Å². The minimum Gasteiger partial charge on any atom is -0.467 e. The average molecular weight is 376 g/mol. The Bertz CT molecular complexity index is 614. The number of nitrogens with zero attached hydrogens (tertiary/aromatic N) is 1. The zero-order chi connectivity index (χ0) is 18.5. The summed E-state index contributed by atoms with van der Waals surface area (Å²) in [6, 6.07) is 2.14. The fourth-order valence-corrected chi connectivity index (χ4v) is 3.45. The van der Waals surface area contributed by atoms with Gasteiger partial charge in [0.1, 0.15) is 5.54 Å². The molecule has 1 fully saturated rings. The molecule has 138 valence electrons. The Hall–Kier alpha value is -1.77. The number of methoxy groups -OCH3 is 1. The third kappa shape index (κ3) is 5.10. The molecule has 0 radical (unpaired) electrons. The predicted molar refractivity (Wildman–Crippen MR) is 85.9 cm³/mol. The Morgan fingerprint density at radius 1 is 1.28 bits per heavy atom. The summed E-state index contributed by atoms with van der Waals surface area (Å²) in [7, 11) is 1.28. The first-order valence-electron chi connectivity index (χ1n) is 7.82. The number of aromatic nitrogens is 1. The van der Waals surface area contributed by atoms with E-state index in [0.717, 1.165) is 43.3 Å². The Kier molecular flexibility index (Phi) is 6.31. The van der Waals surface area contributed by atoms with E-state index in [1.807, 2.05) is 0 Å². The lowest BCUT2D eigenvalue weighted by Crippen LogP contribution is -2.56. The van der Waals surface area contributed by atoms with Gasteiger partial charge < -0.3 is 10.1 Å². The maximum atomic E-state index is 12.5. The van der Waals surface area contributed by atoms with Crippen LogP contribution in [0.2, 0.25) is 0 Å². The van der Waals surface area contributed by atoms with Crippen molar-refractivity contribution >= 4 is 23.6 Å². The Morgan fingerprint density at radius 2 is 1.96 bits per heavy atom. The van der Waals surface area contributed by atoms with Crippen LogP contribution < -0.4 is 5.32 Å². The van der Waals surface area contributed by atoms with Crippen LogP contribution in [-0.4, -0.2) is 35.3 Å². The number of carbonyl (C=O) groups is 2. The van der Waals surface area contributed by atoms with E-state index in [4.69, 9.17) is 4.74 Å². The molecular formula is C16H19F3N2O3S. The number of hydrogen-bond acceptors (Lipinski definition) is 5. The summed E-state index contributed by atoms with van der Waals surface area (Å²) in [5.74, 6) is -0.880. The van der Waals surface area contributed by atoms with E-state index in [-0.39, 0.29) is 11.7 Å². The molecule has 1 aromatic rings. The van der Waals surface area contributed by atoms with Gasteiger partial charge in [-0.2, -0.15) is 13.2 Å². The number of rotatable bonds is 5. The first-order valence-corrected chi connectivity index (χ1v) is 8.81. The highest BCUT2D eigenvalue weighted by Crippen LogP contribution is 2.31. The lowest BCUT2D eigenvalue weighted by Gasteiger charge is -2.35. The second-order valence-corrected chi connectivity index (χ2v) is 6.85. The van der Waals surface area contributed by atoms with E-state index in [1.54, 1.807) is 0 Å². The van der Waals surface area contributed by atoms with Crippen LogP contribution in [0, 0.1) is 0 Å². The van der Waals surface area contributed by atoms with Crippen LogP contribution in [0.15, 0.2) is 23.4 Å². The summed E-state index contributed by atoms with van der Waals surface area (Å²) >= 11 is 1.01. The van der Waals surface area contributed by atoms with Gasteiger partial charge in [-0.3, -0.25) is 4.79 Å². The summed E-state index contributed by atoms with van der Waals surface area (Å²) < 4.78 is 42.3. The highest BCUT2D eigenvalue weighted by atomic mass is 32.2. The van der Waals surface area contributed by atoms with Crippen LogP contribution >= 0.6 is 11.8 Å². The normalized spacial score (nSPS) is 17.0. The van der Waals surface area contributed by atoms with Crippen molar-refractivity contribution in [1.82, 2.24) is 10.3 Å². The molecule has 0 bridgehead atoms. The number of nitrogens with one attached hydrogen (secondary N) is 1. The molecule has 1 aliphatic carbocycles. The largest absolute Gasteiger partial charge is 0.467 e. The zero-order valence-electron chi connectivity index (χ0n) is 13.7. The molecule has 5 nitrogen and oxygen atoms in total. The topological polar surface area (TPSA) is 68.3 Å². The SMILES string of the molecule is COC(=O)C1(NC(=O)CSc2ccc(C(F)(F)F)cn2)CCCCC1. The van der Waals surface area contributed by atoms with Crippen LogP contribution in [0.25, 0.3) is 0 Å². The zero-order valence-corrected chi connectivity index (χ0v) is 14.5. The molecule has 25 heavy (non-hydrogen) atoms. The fraction of sp³-hybridized carbons (Fsp3) is 0.562. The van der Waals surface area contributed by atoms with E-state index < -0.39 is 23.2 Å². The van der Waals surface area contributed by atoms with Gasteiger partial charge in [-0.15, -0.1) is 0 Å².